The lowest BCUT2D eigenvalue weighted by atomic mass is 10.0. The molecule has 0 fully saturated rings. The van der Waals surface area contributed by atoms with Crippen LogP contribution in [0.5, 0.6) is 5.75 Å². The van der Waals surface area contributed by atoms with E-state index >= 15 is 0 Å². The number of carboxylic acids is 1. The number of aryl methyl sites for hydroxylation is 2. The van der Waals surface area contributed by atoms with Gasteiger partial charge in [-0.2, -0.15) is 0 Å². The zero-order valence-electron chi connectivity index (χ0n) is 16.8. The largest absolute Gasteiger partial charge is 0.481 e. The number of hydrogen-bond acceptors (Lipinski definition) is 3. The van der Waals surface area contributed by atoms with Gasteiger partial charge in [0.1, 0.15) is 5.75 Å². The Morgan fingerprint density at radius 1 is 1.00 bits per heavy atom. The molecular weight excluding hydrogens is 380 g/mol. The molecule has 0 spiro atoms. The fraction of sp³-hybridized carbons (Fsp3) is 0.167. The Labute approximate surface area is 173 Å². The molecule has 152 valence electrons. The fourth-order valence-corrected chi connectivity index (χ4v) is 3.94. The summed E-state index contributed by atoms with van der Waals surface area (Å²) in [5.74, 6) is -1.18. The number of benzene rings is 3. The van der Waals surface area contributed by atoms with Crippen LogP contribution in [-0.2, 0) is 11.3 Å². The minimum atomic E-state index is -1.07. The van der Waals surface area contributed by atoms with Crippen molar-refractivity contribution in [1.29, 1.82) is 0 Å². The summed E-state index contributed by atoms with van der Waals surface area (Å²) in [5, 5.41) is 10.5. The summed E-state index contributed by atoms with van der Waals surface area (Å²) < 4.78 is 7.75. The van der Waals surface area contributed by atoms with Crippen LogP contribution in [0.15, 0.2) is 54.6 Å². The van der Waals surface area contributed by atoms with E-state index in [-0.39, 0.29) is 0 Å². The molecule has 1 amide bonds. The number of nitrogens with zero attached hydrogens (tertiary/aromatic N) is 1. The van der Waals surface area contributed by atoms with Crippen molar-refractivity contribution >= 4 is 33.7 Å². The number of carboxylic acid groups (broad SMARTS) is 1. The first-order valence-electron chi connectivity index (χ1n) is 9.61. The molecule has 0 saturated heterocycles. The van der Waals surface area contributed by atoms with Gasteiger partial charge in [0.2, 0.25) is 5.91 Å². The van der Waals surface area contributed by atoms with Crippen LogP contribution in [0.25, 0.3) is 21.8 Å². The van der Waals surface area contributed by atoms with E-state index in [9.17, 15) is 9.59 Å². The summed E-state index contributed by atoms with van der Waals surface area (Å²) in [7, 11) is 0. The van der Waals surface area contributed by atoms with Gasteiger partial charge >= 0.3 is 5.97 Å². The molecule has 0 atom stereocenters. The van der Waals surface area contributed by atoms with Crippen molar-refractivity contribution in [2.24, 2.45) is 5.73 Å². The molecule has 0 bridgehead atoms. The molecule has 4 rings (SSSR count). The van der Waals surface area contributed by atoms with E-state index in [1.54, 1.807) is 18.2 Å². The molecule has 0 unspecified atom stereocenters. The highest BCUT2D eigenvalue weighted by atomic mass is 16.5. The summed E-state index contributed by atoms with van der Waals surface area (Å²) in [6.07, 6.45) is 0. The van der Waals surface area contributed by atoms with E-state index in [0.29, 0.717) is 28.6 Å². The van der Waals surface area contributed by atoms with E-state index in [4.69, 9.17) is 15.6 Å². The molecule has 0 aliphatic rings. The number of ether oxygens (including phenoxy) is 1. The van der Waals surface area contributed by atoms with Crippen LogP contribution in [0.4, 0.5) is 0 Å². The third kappa shape index (κ3) is 3.37. The van der Waals surface area contributed by atoms with Gasteiger partial charge in [-0.05, 0) is 54.8 Å². The zero-order valence-corrected chi connectivity index (χ0v) is 16.8. The molecule has 1 aromatic heterocycles. The van der Waals surface area contributed by atoms with Gasteiger partial charge in [-0.15, -0.1) is 0 Å². The summed E-state index contributed by atoms with van der Waals surface area (Å²) in [6, 6.07) is 17.4. The van der Waals surface area contributed by atoms with Gasteiger partial charge in [-0.3, -0.25) is 4.79 Å². The van der Waals surface area contributed by atoms with Crippen molar-refractivity contribution < 1.29 is 19.4 Å². The van der Waals surface area contributed by atoms with E-state index in [2.05, 4.69) is 23.6 Å². The molecule has 6 nitrogen and oxygen atoms in total. The number of nitrogens with two attached hydrogens (primary N) is 1. The first kappa shape index (κ1) is 19.5. The lowest BCUT2D eigenvalue weighted by Crippen LogP contribution is -2.11. The summed E-state index contributed by atoms with van der Waals surface area (Å²) in [6.45, 7) is 4.11. The van der Waals surface area contributed by atoms with Crippen molar-refractivity contribution in [3.05, 3.63) is 76.9 Å². The van der Waals surface area contributed by atoms with E-state index in [0.717, 1.165) is 27.7 Å². The van der Waals surface area contributed by atoms with Crippen LogP contribution in [0.3, 0.4) is 0 Å². The minimum absolute atomic E-state index is 0.380. The van der Waals surface area contributed by atoms with Crippen molar-refractivity contribution in [2.45, 2.75) is 20.4 Å². The lowest BCUT2D eigenvalue weighted by molar-refractivity contribution is -0.139. The average Bonchev–Trinajstić information content (AvgIpc) is 3.01. The molecule has 1 heterocycles. The van der Waals surface area contributed by atoms with Crippen molar-refractivity contribution in [2.75, 3.05) is 6.61 Å². The summed E-state index contributed by atoms with van der Waals surface area (Å²) >= 11 is 0. The number of rotatable bonds is 6. The second-order valence-corrected chi connectivity index (χ2v) is 7.42. The summed E-state index contributed by atoms with van der Waals surface area (Å²) in [4.78, 5) is 23.3. The SMILES string of the molecule is Cc1cc(OCC(=O)O)c2c3c(C(N)=O)cccc3n(Cc3ccccc3C)c2c1. The minimum Gasteiger partial charge on any atom is -0.481 e. The number of carbonyl (C=O) groups is 2. The average molecular weight is 402 g/mol. The highest BCUT2D eigenvalue weighted by Crippen LogP contribution is 2.39. The van der Waals surface area contributed by atoms with Crippen LogP contribution in [0, 0.1) is 13.8 Å². The molecule has 0 aliphatic heterocycles. The molecule has 4 aromatic rings. The van der Waals surface area contributed by atoms with Crippen molar-refractivity contribution in [3.8, 4) is 5.75 Å². The van der Waals surface area contributed by atoms with Crippen LogP contribution >= 0.6 is 0 Å². The van der Waals surface area contributed by atoms with Gasteiger partial charge < -0.3 is 20.1 Å². The van der Waals surface area contributed by atoms with Crippen molar-refractivity contribution in [3.63, 3.8) is 0 Å². The number of amides is 1. The first-order valence-corrected chi connectivity index (χ1v) is 9.61. The monoisotopic (exact) mass is 402 g/mol. The van der Waals surface area contributed by atoms with E-state index < -0.39 is 18.5 Å². The standard InChI is InChI=1S/C24H22N2O4/c1-14-10-19-23(20(11-14)30-13-21(27)28)22-17(24(25)29)8-5-9-18(22)26(19)12-16-7-4-3-6-15(16)2/h3-11H,12-13H2,1-2H3,(H2,25,29)(H,27,28). The second-order valence-electron chi connectivity index (χ2n) is 7.42. The Hall–Kier alpha value is -3.80. The number of hydrogen-bond donors (Lipinski definition) is 2. The smallest absolute Gasteiger partial charge is 0.341 e. The Bertz CT molecular complexity index is 1300. The predicted molar refractivity (Wildman–Crippen MR) is 116 cm³/mol. The van der Waals surface area contributed by atoms with Crippen LogP contribution in [0.2, 0.25) is 0 Å². The Balaban J connectivity index is 2.07. The molecular formula is C24H22N2O4. The number of primary amides is 1. The van der Waals surface area contributed by atoms with Crippen molar-refractivity contribution in [1.82, 2.24) is 4.57 Å². The van der Waals surface area contributed by atoms with Gasteiger partial charge in [0.15, 0.2) is 6.61 Å². The van der Waals surface area contributed by atoms with Gasteiger partial charge in [0.25, 0.3) is 0 Å². The highest BCUT2D eigenvalue weighted by Gasteiger charge is 2.21. The van der Waals surface area contributed by atoms with Gasteiger partial charge in [-0.1, -0.05) is 30.3 Å². The third-order valence-electron chi connectivity index (χ3n) is 5.31. The quantitative estimate of drug-likeness (QED) is 0.509. The maximum Gasteiger partial charge on any atom is 0.341 e. The normalized spacial score (nSPS) is 11.1. The van der Waals surface area contributed by atoms with Crippen LogP contribution in [-0.4, -0.2) is 28.2 Å². The fourth-order valence-electron chi connectivity index (χ4n) is 3.94. The Morgan fingerprint density at radius 3 is 2.47 bits per heavy atom. The molecule has 30 heavy (non-hydrogen) atoms. The number of aromatic nitrogens is 1. The van der Waals surface area contributed by atoms with Gasteiger partial charge in [0, 0.05) is 17.5 Å². The molecule has 3 aromatic carbocycles. The lowest BCUT2D eigenvalue weighted by Gasteiger charge is -2.12. The molecule has 3 N–H and O–H groups in total. The van der Waals surface area contributed by atoms with Gasteiger partial charge in [-0.25, -0.2) is 4.79 Å². The maximum atomic E-state index is 12.2. The van der Waals surface area contributed by atoms with Crippen LogP contribution in [0.1, 0.15) is 27.0 Å². The first-order chi connectivity index (χ1) is 14.4. The molecule has 0 radical (unpaired) electrons. The third-order valence-corrected chi connectivity index (χ3v) is 5.31. The maximum absolute atomic E-state index is 12.2. The van der Waals surface area contributed by atoms with Crippen LogP contribution < -0.4 is 10.5 Å². The number of aliphatic carboxylic acids is 1. The van der Waals surface area contributed by atoms with E-state index in [1.807, 2.05) is 31.2 Å². The van der Waals surface area contributed by atoms with Gasteiger partial charge in [0.05, 0.1) is 16.4 Å². The molecule has 0 aliphatic carbocycles. The van der Waals surface area contributed by atoms with E-state index in [1.165, 1.54) is 0 Å². The highest BCUT2D eigenvalue weighted by molar-refractivity contribution is 6.19. The topological polar surface area (TPSA) is 94.6 Å². The number of fused-ring (bicyclic) bond motifs is 3. The number of carbonyl (C=O) groups excluding carboxylic acids is 1. The second kappa shape index (κ2) is 7.55. The zero-order chi connectivity index (χ0) is 21.4. The predicted octanol–water partition coefficient (Wildman–Crippen LogP) is 4.02. The Morgan fingerprint density at radius 2 is 1.77 bits per heavy atom. The Kier molecular flexibility index (Phi) is 4.91. The summed E-state index contributed by atoms with van der Waals surface area (Å²) in [5.41, 5.74) is 11.0. The molecule has 6 heteroatoms. The molecule has 0 saturated carbocycles.